The van der Waals surface area contributed by atoms with E-state index in [1.54, 1.807) is 4.90 Å². The van der Waals surface area contributed by atoms with E-state index in [1.165, 1.54) is 0 Å². The van der Waals surface area contributed by atoms with Crippen LogP contribution in [0.2, 0.25) is 0 Å². The Hall–Kier alpha value is -1.62. The molecule has 5 heteroatoms. The molecule has 2 heterocycles. The predicted molar refractivity (Wildman–Crippen MR) is 76.0 cm³/mol. The number of piperazine rings is 1. The zero-order valence-electron chi connectivity index (χ0n) is 11.7. The largest absolute Gasteiger partial charge is 0.353 e. The van der Waals surface area contributed by atoms with E-state index in [4.69, 9.17) is 5.73 Å². The molecular weight excluding hydrogens is 240 g/mol. The van der Waals surface area contributed by atoms with Crippen molar-refractivity contribution in [3.8, 4) is 0 Å². The number of aryl methyl sites for hydroxylation is 1. The van der Waals surface area contributed by atoms with Crippen LogP contribution in [0.1, 0.15) is 30.6 Å². The molecule has 1 saturated heterocycles. The summed E-state index contributed by atoms with van der Waals surface area (Å²) in [6.07, 6.45) is 1.83. The van der Waals surface area contributed by atoms with Crippen LogP contribution in [0.4, 0.5) is 5.82 Å². The lowest BCUT2D eigenvalue weighted by Crippen LogP contribution is -2.46. The Morgan fingerprint density at radius 3 is 2.58 bits per heavy atom. The summed E-state index contributed by atoms with van der Waals surface area (Å²) in [6.45, 7) is 7.29. The van der Waals surface area contributed by atoms with E-state index in [-0.39, 0.29) is 6.04 Å². The van der Waals surface area contributed by atoms with Gasteiger partial charge in [-0.1, -0.05) is 13.0 Å². The van der Waals surface area contributed by atoms with Crippen molar-refractivity contribution in [2.75, 3.05) is 31.1 Å². The fraction of sp³-hybridized carbons (Fsp3) is 0.571. The number of pyridine rings is 1. The molecule has 1 aliphatic rings. The van der Waals surface area contributed by atoms with Gasteiger partial charge in [0.05, 0.1) is 0 Å². The van der Waals surface area contributed by atoms with E-state index in [0.29, 0.717) is 0 Å². The Bertz CT molecular complexity index is 441. The highest BCUT2D eigenvalue weighted by Gasteiger charge is 2.17. The number of hydrogen-bond acceptors (Lipinski definition) is 4. The number of hydrogen-bond donors (Lipinski definition) is 1. The monoisotopic (exact) mass is 262 g/mol. The van der Waals surface area contributed by atoms with Gasteiger partial charge in [-0.3, -0.25) is 4.79 Å². The number of nitrogens with two attached hydrogens (primary N) is 1. The Balaban J connectivity index is 2.10. The second-order valence-corrected chi connectivity index (χ2v) is 4.99. The molecule has 0 saturated carbocycles. The summed E-state index contributed by atoms with van der Waals surface area (Å²) in [4.78, 5) is 19.4. The average Bonchev–Trinajstić information content (AvgIpc) is 2.46. The molecular formula is C14H22N4O. The minimum absolute atomic E-state index is 0.0634. The molecule has 0 aliphatic carbocycles. The summed E-state index contributed by atoms with van der Waals surface area (Å²) in [5.74, 6) is 0.982. The molecule has 1 atom stereocenters. The van der Waals surface area contributed by atoms with Gasteiger partial charge in [0.25, 0.3) is 0 Å². The van der Waals surface area contributed by atoms with Crippen molar-refractivity contribution in [2.45, 2.75) is 26.3 Å². The Morgan fingerprint density at radius 1 is 1.37 bits per heavy atom. The van der Waals surface area contributed by atoms with Gasteiger partial charge in [-0.25, -0.2) is 4.98 Å². The normalized spacial score (nSPS) is 17.4. The highest BCUT2D eigenvalue weighted by Crippen LogP contribution is 2.21. The van der Waals surface area contributed by atoms with Crippen LogP contribution in [-0.2, 0) is 4.79 Å². The molecule has 1 fully saturated rings. The second kappa shape index (κ2) is 6.02. The fourth-order valence-corrected chi connectivity index (χ4v) is 2.40. The van der Waals surface area contributed by atoms with Crippen LogP contribution in [0.25, 0.3) is 0 Å². The van der Waals surface area contributed by atoms with Crippen LogP contribution in [0, 0.1) is 6.92 Å². The molecule has 1 unspecified atom stereocenters. The topological polar surface area (TPSA) is 62.5 Å². The van der Waals surface area contributed by atoms with Crippen molar-refractivity contribution in [1.29, 1.82) is 0 Å². The molecule has 2 rings (SSSR count). The zero-order chi connectivity index (χ0) is 13.8. The minimum atomic E-state index is 0.0634. The van der Waals surface area contributed by atoms with Crippen molar-refractivity contribution in [3.05, 3.63) is 23.4 Å². The third kappa shape index (κ3) is 3.04. The number of carbonyl (C=O) groups is 1. The van der Waals surface area contributed by atoms with E-state index in [1.807, 2.05) is 13.0 Å². The van der Waals surface area contributed by atoms with Crippen LogP contribution in [0.3, 0.4) is 0 Å². The maximum absolute atomic E-state index is 10.7. The average molecular weight is 262 g/mol. The fourth-order valence-electron chi connectivity index (χ4n) is 2.40. The maximum atomic E-state index is 10.7. The lowest BCUT2D eigenvalue weighted by molar-refractivity contribution is -0.118. The molecule has 5 nitrogen and oxygen atoms in total. The quantitative estimate of drug-likeness (QED) is 0.825. The molecule has 1 amide bonds. The summed E-state index contributed by atoms with van der Waals surface area (Å²) in [5, 5.41) is 0. The summed E-state index contributed by atoms with van der Waals surface area (Å²) in [6, 6.07) is 4.18. The number of anilines is 1. The lowest BCUT2D eigenvalue weighted by atomic mass is 10.0. The summed E-state index contributed by atoms with van der Waals surface area (Å²) < 4.78 is 0. The van der Waals surface area contributed by atoms with Crippen LogP contribution < -0.4 is 10.6 Å². The van der Waals surface area contributed by atoms with Crippen LogP contribution in [0.15, 0.2) is 12.1 Å². The lowest BCUT2D eigenvalue weighted by Gasteiger charge is -2.33. The summed E-state index contributed by atoms with van der Waals surface area (Å²) in [7, 11) is 0. The molecule has 104 valence electrons. The first-order chi connectivity index (χ1) is 9.15. The number of carbonyl (C=O) groups excluding carboxylic acids is 1. The zero-order valence-corrected chi connectivity index (χ0v) is 11.7. The predicted octanol–water partition coefficient (Wildman–Crippen LogP) is 1.08. The first kappa shape index (κ1) is 13.8. The molecule has 0 bridgehead atoms. The third-order valence-corrected chi connectivity index (χ3v) is 3.74. The smallest absolute Gasteiger partial charge is 0.209 e. The highest BCUT2D eigenvalue weighted by atomic mass is 16.1. The minimum Gasteiger partial charge on any atom is -0.353 e. The van der Waals surface area contributed by atoms with E-state index < -0.39 is 0 Å². The third-order valence-electron chi connectivity index (χ3n) is 3.74. The molecule has 1 aromatic heterocycles. The maximum Gasteiger partial charge on any atom is 0.209 e. The molecule has 1 aromatic rings. The molecule has 0 radical (unpaired) electrons. The molecule has 1 aliphatic heterocycles. The second-order valence-electron chi connectivity index (χ2n) is 4.99. The van der Waals surface area contributed by atoms with Crippen LogP contribution in [-0.4, -0.2) is 42.5 Å². The highest BCUT2D eigenvalue weighted by molar-refractivity contribution is 5.49. The van der Waals surface area contributed by atoms with Gasteiger partial charge in [-0.2, -0.15) is 0 Å². The van der Waals surface area contributed by atoms with Gasteiger partial charge in [-0.15, -0.1) is 0 Å². The van der Waals surface area contributed by atoms with Gasteiger partial charge < -0.3 is 15.5 Å². The first-order valence-corrected chi connectivity index (χ1v) is 6.83. The van der Waals surface area contributed by atoms with E-state index >= 15 is 0 Å². The van der Waals surface area contributed by atoms with E-state index in [9.17, 15) is 4.79 Å². The number of aromatic nitrogens is 1. The summed E-state index contributed by atoms with van der Waals surface area (Å²) in [5.41, 5.74) is 8.19. The Morgan fingerprint density at radius 2 is 2.05 bits per heavy atom. The van der Waals surface area contributed by atoms with Crippen LogP contribution in [0.5, 0.6) is 0 Å². The number of nitrogens with zero attached hydrogens (tertiary/aromatic N) is 3. The van der Waals surface area contributed by atoms with Gasteiger partial charge in [0.15, 0.2) is 0 Å². The van der Waals surface area contributed by atoms with Crippen molar-refractivity contribution >= 4 is 12.2 Å². The standard InChI is InChI=1S/C14H22N4O/c1-3-13(15)12-4-5-14(16-11(12)2)18-8-6-17(10-19)7-9-18/h4-5,10,13H,3,6-9,15H2,1-2H3. The van der Waals surface area contributed by atoms with Crippen molar-refractivity contribution in [3.63, 3.8) is 0 Å². The van der Waals surface area contributed by atoms with Crippen molar-refractivity contribution in [2.24, 2.45) is 5.73 Å². The Kier molecular flexibility index (Phi) is 4.37. The van der Waals surface area contributed by atoms with E-state index in [2.05, 4.69) is 22.9 Å². The van der Waals surface area contributed by atoms with Gasteiger partial charge in [0, 0.05) is 37.9 Å². The van der Waals surface area contributed by atoms with E-state index in [0.717, 1.165) is 56.1 Å². The summed E-state index contributed by atoms with van der Waals surface area (Å²) >= 11 is 0. The van der Waals surface area contributed by atoms with Gasteiger partial charge in [-0.05, 0) is 25.0 Å². The van der Waals surface area contributed by atoms with Gasteiger partial charge in [0.1, 0.15) is 5.82 Å². The van der Waals surface area contributed by atoms with Crippen molar-refractivity contribution in [1.82, 2.24) is 9.88 Å². The molecule has 2 N–H and O–H groups in total. The first-order valence-electron chi connectivity index (χ1n) is 6.83. The van der Waals surface area contributed by atoms with Crippen molar-refractivity contribution < 1.29 is 4.79 Å². The molecule has 0 spiro atoms. The SMILES string of the molecule is CCC(N)c1ccc(N2CCN(C=O)CC2)nc1C. The van der Waals surface area contributed by atoms with Crippen LogP contribution >= 0.6 is 0 Å². The van der Waals surface area contributed by atoms with Gasteiger partial charge >= 0.3 is 0 Å². The van der Waals surface area contributed by atoms with Gasteiger partial charge in [0.2, 0.25) is 6.41 Å². The number of rotatable bonds is 4. The molecule has 19 heavy (non-hydrogen) atoms. The Labute approximate surface area is 114 Å². The molecule has 0 aromatic carbocycles. The number of amides is 1.